The van der Waals surface area contributed by atoms with Gasteiger partial charge in [0.1, 0.15) is 17.0 Å². The monoisotopic (exact) mass is 396 g/mol. The molecule has 0 bridgehead atoms. The van der Waals surface area contributed by atoms with E-state index in [0.717, 1.165) is 0 Å². The number of nitrogens with zero attached hydrogens (tertiary/aromatic N) is 2. The highest BCUT2D eigenvalue weighted by molar-refractivity contribution is 6.09. The number of nitro benzene ring substituents is 1. The molecule has 1 heterocycles. The fourth-order valence-corrected chi connectivity index (χ4v) is 2.88. The van der Waals surface area contributed by atoms with Crippen LogP contribution >= 0.6 is 0 Å². The van der Waals surface area contributed by atoms with Crippen LogP contribution in [-0.4, -0.2) is 43.2 Å². The summed E-state index contributed by atoms with van der Waals surface area (Å²) in [6, 6.07) is 11.3. The number of ether oxygens (including phenoxy) is 2. The number of carbonyl (C=O) groups excluding carboxylic acids is 1. The van der Waals surface area contributed by atoms with E-state index in [1.54, 1.807) is 38.6 Å². The van der Waals surface area contributed by atoms with Crippen molar-refractivity contribution in [2.45, 2.75) is 0 Å². The van der Waals surface area contributed by atoms with E-state index in [1.807, 2.05) is 6.07 Å². The minimum Gasteiger partial charge on any atom is -0.494 e. The molecule has 0 aliphatic carbocycles. The Morgan fingerprint density at radius 3 is 2.69 bits per heavy atom. The normalized spacial score (nSPS) is 10.6. The minimum absolute atomic E-state index is 0.168. The number of anilines is 2. The molecule has 9 heteroatoms. The van der Waals surface area contributed by atoms with Gasteiger partial charge < -0.3 is 20.1 Å². The lowest BCUT2D eigenvalue weighted by Crippen LogP contribution is -2.14. The molecular weight excluding hydrogens is 376 g/mol. The van der Waals surface area contributed by atoms with Gasteiger partial charge in [-0.1, -0.05) is 0 Å². The van der Waals surface area contributed by atoms with Gasteiger partial charge in [-0.3, -0.25) is 19.9 Å². The summed E-state index contributed by atoms with van der Waals surface area (Å²) in [4.78, 5) is 27.9. The number of pyridine rings is 1. The van der Waals surface area contributed by atoms with Gasteiger partial charge in [0.2, 0.25) is 0 Å². The van der Waals surface area contributed by atoms with Crippen LogP contribution < -0.4 is 15.4 Å². The average molecular weight is 396 g/mol. The van der Waals surface area contributed by atoms with Crippen LogP contribution in [0.25, 0.3) is 10.9 Å². The van der Waals surface area contributed by atoms with Gasteiger partial charge in [-0.05, 0) is 36.4 Å². The molecule has 9 nitrogen and oxygen atoms in total. The lowest BCUT2D eigenvalue weighted by molar-refractivity contribution is -0.384. The van der Waals surface area contributed by atoms with Crippen molar-refractivity contribution in [1.82, 2.24) is 4.98 Å². The van der Waals surface area contributed by atoms with Crippen LogP contribution in [0.4, 0.5) is 17.1 Å². The molecule has 0 atom stereocenters. The zero-order chi connectivity index (χ0) is 20.8. The summed E-state index contributed by atoms with van der Waals surface area (Å²) in [6.07, 6.45) is 1.63. The molecule has 1 amide bonds. The van der Waals surface area contributed by atoms with Crippen molar-refractivity contribution in [3.8, 4) is 5.75 Å². The molecule has 0 saturated carbocycles. The number of carbonyl (C=O) groups is 1. The van der Waals surface area contributed by atoms with E-state index in [-0.39, 0.29) is 11.3 Å². The zero-order valence-electron chi connectivity index (χ0n) is 16.0. The Morgan fingerprint density at radius 2 is 1.97 bits per heavy atom. The summed E-state index contributed by atoms with van der Waals surface area (Å²) in [6.45, 7) is 0.811. The first-order chi connectivity index (χ1) is 14.0. The summed E-state index contributed by atoms with van der Waals surface area (Å²) in [5, 5.41) is 17.8. The predicted octanol–water partition coefficient (Wildman–Crippen LogP) is 3.46. The number of benzene rings is 2. The SMILES string of the molecule is COCCNc1ccc(C(=O)Nc2ccc(OC)c3ncccc23)cc1[N+](=O)[O-]. The summed E-state index contributed by atoms with van der Waals surface area (Å²) in [7, 11) is 3.09. The van der Waals surface area contributed by atoms with Crippen LogP contribution in [0.3, 0.4) is 0 Å². The van der Waals surface area contributed by atoms with Crippen molar-refractivity contribution < 1.29 is 19.2 Å². The highest BCUT2D eigenvalue weighted by atomic mass is 16.6. The van der Waals surface area contributed by atoms with E-state index < -0.39 is 10.8 Å². The van der Waals surface area contributed by atoms with Gasteiger partial charge in [0.25, 0.3) is 11.6 Å². The summed E-state index contributed by atoms with van der Waals surface area (Å²) in [5.41, 5.74) is 1.44. The third-order valence-electron chi connectivity index (χ3n) is 4.28. The van der Waals surface area contributed by atoms with Crippen LogP contribution in [0.5, 0.6) is 5.75 Å². The van der Waals surface area contributed by atoms with Crippen LogP contribution in [0.2, 0.25) is 0 Å². The fourth-order valence-electron chi connectivity index (χ4n) is 2.88. The van der Waals surface area contributed by atoms with Crippen molar-refractivity contribution in [3.63, 3.8) is 0 Å². The van der Waals surface area contributed by atoms with Crippen molar-refractivity contribution >= 4 is 33.9 Å². The first kappa shape index (κ1) is 20.0. The highest BCUT2D eigenvalue weighted by Gasteiger charge is 2.18. The maximum atomic E-state index is 12.7. The Hall–Kier alpha value is -3.72. The van der Waals surface area contributed by atoms with Crippen LogP contribution in [-0.2, 0) is 4.74 Å². The van der Waals surface area contributed by atoms with E-state index in [2.05, 4.69) is 15.6 Å². The number of aromatic nitrogens is 1. The van der Waals surface area contributed by atoms with Crippen LogP contribution in [0.1, 0.15) is 10.4 Å². The van der Waals surface area contributed by atoms with Crippen molar-refractivity contribution in [1.29, 1.82) is 0 Å². The quantitative estimate of drug-likeness (QED) is 0.340. The maximum Gasteiger partial charge on any atom is 0.293 e. The molecule has 0 saturated heterocycles. The minimum atomic E-state index is -0.529. The molecule has 1 aromatic heterocycles. The standard InChI is InChI=1S/C20H20N4O5/c1-28-11-10-21-16-6-5-13(12-17(16)24(26)27)20(25)23-15-7-8-18(29-2)19-14(15)4-3-9-22-19/h3-9,12,21H,10-11H2,1-2H3,(H,23,25). The fraction of sp³-hybridized carbons (Fsp3) is 0.200. The first-order valence-corrected chi connectivity index (χ1v) is 8.79. The third kappa shape index (κ3) is 4.41. The largest absolute Gasteiger partial charge is 0.494 e. The van der Waals surface area contributed by atoms with E-state index in [1.165, 1.54) is 18.2 Å². The number of methoxy groups -OCH3 is 2. The van der Waals surface area contributed by atoms with E-state index in [0.29, 0.717) is 41.2 Å². The molecular formula is C20H20N4O5. The Labute approximate surface area is 166 Å². The van der Waals surface area contributed by atoms with Gasteiger partial charge in [0.05, 0.1) is 24.3 Å². The molecule has 2 aromatic carbocycles. The molecule has 29 heavy (non-hydrogen) atoms. The number of nitrogens with one attached hydrogen (secondary N) is 2. The second-order valence-corrected chi connectivity index (χ2v) is 6.08. The molecule has 0 unspecified atom stereocenters. The lowest BCUT2D eigenvalue weighted by Gasteiger charge is -2.12. The van der Waals surface area contributed by atoms with Gasteiger partial charge in [0.15, 0.2) is 0 Å². The molecule has 150 valence electrons. The number of fused-ring (bicyclic) bond motifs is 1. The molecule has 0 aliphatic rings. The Balaban J connectivity index is 1.89. The smallest absolute Gasteiger partial charge is 0.293 e. The van der Waals surface area contributed by atoms with E-state index in [4.69, 9.17) is 9.47 Å². The van der Waals surface area contributed by atoms with Gasteiger partial charge in [0, 0.05) is 36.9 Å². The van der Waals surface area contributed by atoms with Gasteiger partial charge in [-0.2, -0.15) is 0 Å². The summed E-state index contributed by atoms with van der Waals surface area (Å²) in [5.74, 6) is 0.118. The van der Waals surface area contributed by atoms with Gasteiger partial charge in [-0.25, -0.2) is 0 Å². The number of hydrogen-bond acceptors (Lipinski definition) is 7. The van der Waals surface area contributed by atoms with Gasteiger partial charge >= 0.3 is 0 Å². The maximum absolute atomic E-state index is 12.7. The molecule has 3 rings (SSSR count). The van der Waals surface area contributed by atoms with Crippen molar-refractivity contribution in [3.05, 3.63) is 64.3 Å². The van der Waals surface area contributed by atoms with Crippen molar-refractivity contribution in [2.24, 2.45) is 0 Å². The molecule has 3 aromatic rings. The van der Waals surface area contributed by atoms with E-state index in [9.17, 15) is 14.9 Å². The summed E-state index contributed by atoms with van der Waals surface area (Å²) < 4.78 is 10.2. The molecule has 0 radical (unpaired) electrons. The topological polar surface area (TPSA) is 116 Å². The predicted molar refractivity (Wildman–Crippen MR) is 110 cm³/mol. The third-order valence-corrected chi connectivity index (χ3v) is 4.28. The second kappa shape index (κ2) is 8.98. The second-order valence-electron chi connectivity index (χ2n) is 6.08. The average Bonchev–Trinajstić information content (AvgIpc) is 2.74. The number of rotatable bonds is 8. The molecule has 0 aliphatic heterocycles. The first-order valence-electron chi connectivity index (χ1n) is 8.79. The number of nitro groups is 1. The zero-order valence-corrected chi connectivity index (χ0v) is 16.0. The molecule has 0 spiro atoms. The lowest BCUT2D eigenvalue weighted by atomic mass is 10.1. The molecule has 0 fully saturated rings. The van der Waals surface area contributed by atoms with Crippen molar-refractivity contribution in [2.75, 3.05) is 38.0 Å². The Morgan fingerprint density at radius 1 is 1.17 bits per heavy atom. The molecule has 2 N–H and O–H groups in total. The Kier molecular flexibility index (Phi) is 6.20. The van der Waals surface area contributed by atoms with Crippen LogP contribution in [0.15, 0.2) is 48.7 Å². The highest BCUT2D eigenvalue weighted by Crippen LogP contribution is 2.31. The number of hydrogen-bond donors (Lipinski definition) is 2. The number of amides is 1. The summed E-state index contributed by atoms with van der Waals surface area (Å²) >= 11 is 0. The van der Waals surface area contributed by atoms with Crippen LogP contribution in [0, 0.1) is 10.1 Å². The Bertz CT molecular complexity index is 1050. The van der Waals surface area contributed by atoms with Gasteiger partial charge in [-0.15, -0.1) is 0 Å². The van der Waals surface area contributed by atoms with E-state index >= 15 is 0 Å².